The van der Waals surface area contributed by atoms with Crippen LogP contribution in [0.4, 0.5) is 10.5 Å². The first-order valence-electron chi connectivity index (χ1n) is 7.62. The van der Waals surface area contributed by atoms with Crippen molar-refractivity contribution in [3.63, 3.8) is 0 Å². The van der Waals surface area contributed by atoms with Gasteiger partial charge < -0.3 is 15.1 Å². The molecule has 2 N–H and O–H groups in total. The molecule has 2 amide bonds. The summed E-state index contributed by atoms with van der Waals surface area (Å²) >= 11 is 0. The number of anilines is 1. The van der Waals surface area contributed by atoms with E-state index in [0.29, 0.717) is 29.5 Å². The maximum atomic E-state index is 12.1. The largest absolute Gasteiger partial charge is 0.467 e. The second kappa shape index (κ2) is 6.44. The molecule has 0 aliphatic heterocycles. The lowest BCUT2D eigenvalue weighted by Gasteiger charge is -2.07. The Balaban J connectivity index is 1.56. The zero-order valence-corrected chi connectivity index (χ0v) is 13.1. The van der Waals surface area contributed by atoms with Crippen LogP contribution in [0.15, 0.2) is 65.7 Å². The lowest BCUT2D eigenvalue weighted by Crippen LogP contribution is -2.28. The fourth-order valence-corrected chi connectivity index (χ4v) is 2.46. The number of carbonyl (C=O) groups excluding carboxylic acids is 1. The fraction of sp³-hybridized carbons (Fsp3) is 0.0588. The highest BCUT2D eigenvalue weighted by Crippen LogP contribution is 2.21. The maximum absolute atomic E-state index is 12.1. The molecule has 4 aromatic rings. The van der Waals surface area contributed by atoms with Gasteiger partial charge in [-0.15, -0.1) is 10.2 Å². The predicted molar refractivity (Wildman–Crippen MR) is 90.8 cm³/mol. The second-order valence-corrected chi connectivity index (χ2v) is 5.26. The zero-order valence-electron chi connectivity index (χ0n) is 13.1. The molecule has 124 valence electrons. The van der Waals surface area contributed by atoms with E-state index in [0.717, 1.165) is 5.56 Å². The molecule has 4 aromatic heterocycles. The molecular formula is C17H14N6O2. The first kappa shape index (κ1) is 14.9. The van der Waals surface area contributed by atoms with Gasteiger partial charge >= 0.3 is 6.03 Å². The van der Waals surface area contributed by atoms with E-state index in [1.54, 1.807) is 36.9 Å². The standard InChI is InChI=1S/C17H14N6O2/c24-17(19-11-13-3-2-10-25-13)20-14-4-1-9-23-15(21-22-16(14)23)12-5-7-18-8-6-12/h1-10H,11H2,(H2,19,20,24). The van der Waals surface area contributed by atoms with E-state index in [4.69, 9.17) is 4.42 Å². The molecule has 8 heteroatoms. The SMILES string of the molecule is O=C(NCc1ccco1)Nc1cccn2c(-c3ccncc3)nnc12. The van der Waals surface area contributed by atoms with Crippen molar-refractivity contribution in [2.45, 2.75) is 6.54 Å². The third-order valence-electron chi connectivity index (χ3n) is 3.62. The van der Waals surface area contributed by atoms with E-state index in [9.17, 15) is 4.79 Å². The van der Waals surface area contributed by atoms with Crippen LogP contribution in [0, 0.1) is 0 Å². The molecule has 25 heavy (non-hydrogen) atoms. The summed E-state index contributed by atoms with van der Waals surface area (Å²) in [6, 6.07) is 10.5. The third kappa shape index (κ3) is 3.05. The molecule has 0 bridgehead atoms. The Morgan fingerprint density at radius 3 is 2.80 bits per heavy atom. The Labute approximate surface area is 142 Å². The van der Waals surface area contributed by atoms with Crippen molar-refractivity contribution in [2.24, 2.45) is 0 Å². The Morgan fingerprint density at radius 2 is 2.00 bits per heavy atom. The van der Waals surface area contributed by atoms with E-state index >= 15 is 0 Å². The number of aromatic nitrogens is 4. The summed E-state index contributed by atoms with van der Waals surface area (Å²) in [6.45, 7) is 0.302. The van der Waals surface area contributed by atoms with Crippen LogP contribution in [0.5, 0.6) is 0 Å². The Bertz CT molecular complexity index is 995. The molecule has 0 saturated carbocycles. The van der Waals surface area contributed by atoms with Crippen molar-refractivity contribution < 1.29 is 9.21 Å². The van der Waals surface area contributed by atoms with Gasteiger partial charge in [0.2, 0.25) is 0 Å². The highest BCUT2D eigenvalue weighted by molar-refractivity contribution is 5.93. The highest BCUT2D eigenvalue weighted by atomic mass is 16.3. The molecule has 0 aliphatic carbocycles. The third-order valence-corrected chi connectivity index (χ3v) is 3.62. The van der Waals surface area contributed by atoms with Crippen LogP contribution in [0.2, 0.25) is 0 Å². The minimum Gasteiger partial charge on any atom is -0.467 e. The molecule has 0 spiro atoms. The van der Waals surface area contributed by atoms with Crippen molar-refractivity contribution in [3.8, 4) is 11.4 Å². The van der Waals surface area contributed by atoms with Crippen LogP contribution in [0.3, 0.4) is 0 Å². The Morgan fingerprint density at radius 1 is 1.12 bits per heavy atom. The number of carbonyl (C=O) groups is 1. The molecule has 0 unspecified atom stereocenters. The van der Waals surface area contributed by atoms with Gasteiger partial charge in [0.15, 0.2) is 11.5 Å². The van der Waals surface area contributed by atoms with Crippen molar-refractivity contribution in [1.82, 2.24) is 24.9 Å². The summed E-state index contributed by atoms with van der Waals surface area (Å²) in [7, 11) is 0. The second-order valence-electron chi connectivity index (χ2n) is 5.26. The minimum atomic E-state index is -0.349. The average molecular weight is 334 g/mol. The van der Waals surface area contributed by atoms with Gasteiger partial charge in [0.1, 0.15) is 5.76 Å². The van der Waals surface area contributed by atoms with E-state index in [-0.39, 0.29) is 6.03 Å². The molecule has 0 radical (unpaired) electrons. The molecule has 0 aliphatic rings. The molecule has 8 nitrogen and oxygen atoms in total. The summed E-state index contributed by atoms with van der Waals surface area (Å²) in [4.78, 5) is 16.1. The van der Waals surface area contributed by atoms with Gasteiger partial charge in [-0.25, -0.2) is 4.79 Å². The lowest BCUT2D eigenvalue weighted by atomic mass is 10.2. The molecule has 0 fully saturated rings. The van der Waals surface area contributed by atoms with Gasteiger partial charge in [-0.1, -0.05) is 0 Å². The van der Waals surface area contributed by atoms with Crippen LogP contribution in [0.25, 0.3) is 17.0 Å². The Hall–Kier alpha value is -3.68. The van der Waals surface area contributed by atoms with Gasteiger partial charge in [-0.3, -0.25) is 9.38 Å². The smallest absolute Gasteiger partial charge is 0.319 e. The normalized spacial score (nSPS) is 10.7. The van der Waals surface area contributed by atoms with Gasteiger partial charge in [-0.05, 0) is 36.4 Å². The van der Waals surface area contributed by atoms with Crippen LogP contribution in [-0.2, 0) is 6.54 Å². The summed E-state index contributed by atoms with van der Waals surface area (Å²) in [5, 5.41) is 13.9. The number of pyridine rings is 2. The summed E-state index contributed by atoms with van der Waals surface area (Å²) in [5.74, 6) is 1.35. The molecule has 0 aromatic carbocycles. The predicted octanol–water partition coefficient (Wildman–Crippen LogP) is 2.71. The van der Waals surface area contributed by atoms with E-state index < -0.39 is 0 Å². The topological polar surface area (TPSA) is 97.4 Å². The number of fused-ring (bicyclic) bond motifs is 1. The molecule has 4 rings (SSSR count). The number of amides is 2. The van der Waals surface area contributed by atoms with Crippen LogP contribution in [-0.4, -0.2) is 25.6 Å². The molecule has 0 saturated heterocycles. The maximum Gasteiger partial charge on any atom is 0.319 e. The monoisotopic (exact) mass is 334 g/mol. The van der Waals surface area contributed by atoms with Gasteiger partial charge in [0.05, 0.1) is 18.5 Å². The van der Waals surface area contributed by atoms with Crippen molar-refractivity contribution >= 4 is 17.4 Å². The minimum absolute atomic E-state index is 0.302. The van der Waals surface area contributed by atoms with Gasteiger partial charge in [-0.2, -0.15) is 0 Å². The number of hydrogen-bond acceptors (Lipinski definition) is 5. The summed E-state index contributed by atoms with van der Waals surface area (Å²) in [5.41, 5.74) is 2.01. The number of furan rings is 1. The average Bonchev–Trinajstić information content (AvgIpc) is 3.31. The number of nitrogens with zero attached hydrogens (tertiary/aromatic N) is 4. The zero-order chi connectivity index (χ0) is 17.1. The fourth-order valence-electron chi connectivity index (χ4n) is 2.46. The first-order valence-corrected chi connectivity index (χ1v) is 7.62. The number of urea groups is 1. The molecular weight excluding hydrogens is 320 g/mol. The number of hydrogen-bond donors (Lipinski definition) is 2. The molecule has 0 atom stereocenters. The van der Waals surface area contributed by atoms with E-state index in [1.807, 2.05) is 28.8 Å². The highest BCUT2D eigenvalue weighted by Gasteiger charge is 2.12. The van der Waals surface area contributed by atoms with Crippen molar-refractivity contribution in [3.05, 3.63) is 67.0 Å². The van der Waals surface area contributed by atoms with Crippen LogP contribution >= 0.6 is 0 Å². The van der Waals surface area contributed by atoms with Crippen molar-refractivity contribution in [2.75, 3.05) is 5.32 Å². The summed E-state index contributed by atoms with van der Waals surface area (Å²) < 4.78 is 7.00. The van der Waals surface area contributed by atoms with Crippen LogP contribution < -0.4 is 10.6 Å². The van der Waals surface area contributed by atoms with E-state index in [1.165, 1.54) is 0 Å². The Kier molecular flexibility index (Phi) is 3.83. The van der Waals surface area contributed by atoms with Gasteiger partial charge in [0.25, 0.3) is 0 Å². The van der Waals surface area contributed by atoms with Crippen molar-refractivity contribution in [1.29, 1.82) is 0 Å². The molecule has 4 heterocycles. The van der Waals surface area contributed by atoms with Crippen LogP contribution in [0.1, 0.15) is 5.76 Å². The summed E-state index contributed by atoms with van der Waals surface area (Å²) in [6.07, 6.45) is 6.80. The lowest BCUT2D eigenvalue weighted by molar-refractivity contribution is 0.251. The number of nitrogens with one attached hydrogen (secondary N) is 2. The van der Waals surface area contributed by atoms with Gasteiger partial charge in [0, 0.05) is 24.2 Å². The number of rotatable bonds is 4. The van der Waals surface area contributed by atoms with E-state index in [2.05, 4.69) is 25.8 Å². The first-order chi connectivity index (χ1) is 12.3. The quantitative estimate of drug-likeness (QED) is 0.598.